The highest BCUT2D eigenvalue weighted by molar-refractivity contribution is 5.74. The van der Waals surface area contributed by atoms with Crippen molar-refractivity contribution >= 4 is 17.9 Å². The van der Waals surface area contributed by atoms with Crippen LogP contribution in [0, 0.1) is 28.1 Å². The molecule has 4 aliphatic carbocycles. The summed E-state index contributed by atoms with van der Waals surface area (Å²) < 4.78 is 43.7. The molecule has 12 nitrogen and oxygen atoms in total. The summed E-state index contributed by atoms with van der Waals surface area (Å²) in [5, 5.41) is 25.3. The van der Waals surface area contributed by atoms with E-state index < -0.39 is 92.7 Å². The zero-order chi connectivity index (χ0) is 31.5. The number of carbonyl (C=O) groups excluding carboxylic acids is 3. The van der Waals surface area contributed by atoms with Crippen molar-refractivity contribution in [2.75, 3.05) is 7.11 Å². The fraction of sp³-hybridized carbons (Fsp3) is 0.781. The van der Waals surface area contributed by atoms with Gasteiger partial charge in [0.15, 0.2) is 11.7 Å². The Labute approximate surface area is 254 Å². The van der Waals surface area contributed by atoms with Gasteiger partial charge in [-0.25, -0.2) is 0 Å². The third-order valence-corrected chi connectivity index (χ3v) is 13.5. The highest BCUT2D eigenvalue weighted by atomic mass is 16.9. The van der Waals surface area contributed by atoms with Crippen LogP contribution in [0.15, 0.2) is 23.0 Å². The Morgan fingerprint density at radius 2 is 1.82 bits per heavy atom. The van der Waals surface area contributed by atoms with E-state index in [0.717, 1.165) is 0 Å². The third kappa shape index (κ3) is 2.62. The lowest BCUT2D eigenvalue weighted by Gasteiger charge is -2.77. The maximum atomic E-state index is 13.7. The second kappa shape index (κ2) is 8.06. The highest BCUT2D eigenvalue weighted by Crippen LogP contribution is 2.89. The molecule has 3 aliphatic heterocycles. The maximum Gasteiger partial charge on any atom is 0.306 e. The zero-order valence-electron chi connectivity index (χ0n) is 25.8. The molecule has 13 atom stereocenters. The fourth-order valence-electron chi connectivity index (χ4n) is 12.1. The molecule has 7 aliphatic rings. The predicted molar refractivity (Wildman–Crippen MR) is 145 cm³/mol. The van der Waals surface area contributed by atoms with Gasteiger partial charge in [-0.05, 0) is 31.2 Å². The summed E-state index contributed by atoms with van der Waals surface area (Å²) in [7, 11) is 1.32. The fourth-order valence-corrected chi connectivity index (χ4v) is 12.1. The van der Waals surface area contributed by atoms with E-state index in [2.05, 4.69) is 0 Å². The first-order valence-corrected chi connectivity index (χ1v) is 15.6. The van der Waals surface area contributed by atoms with E-state index in [4.69, 9.17) is 32.8 Å². The molecule has 1 aromatic rings. The number of methoxy groups -OCH3 is 1. The molecule has 4 saturated carbocycles. The number of hydrogen-bond donors (Lipinski definition) is 2. The molecule has 1 aromatic heterocycles. The van der Waals surface area contributed by atoms with Crippen LogP contribution in [-0.4, -0.2) is 75.8 Å². The second-order valence-corrected chi connectivity index (χ2v) is 15.0. The van der Waals surface area contributed by atoms with Gasteiger partial charge in [0.25, 0.3) is 5.97 Å². The zero-order valence-corrected chi connectivity index (χ0v) is 25.8. The molecule has 44 heavy (non-hydrogen) atoms. The number of esters is 3. The Morgan fingerprint density at radius 1 is 1.09 bits per heavy atom. The first-order chi connectivity index (χ1) is 20.6. The van der Waals surface area contributed by atoms with E-state index in [-0.39, 0.29) is 25.7 Å². The number of furan rings is 1. The van der Waals surface area contributed by atoms with Crippen LogP contribution in [0.3, 0.4) is 0 Å². The molecule has 3 spiro atoms. The minimum atomic E-state index is -2.11. The standard InChI is InChI=1S/C32H40O12/c1-7-19(33)40-22(16-8-11-39-14-16)25(2)9-10-29-27(4)17(12-20(34)38-6)26(3)15-30(27)31(37,23(26)36)24-32(29,18(25)13-21(35)41-24)44-28(5,42-29)43-30/h8,11,14,17-18,22-24,36-37H,7,9-10,12-13,15H2,1-6H3. The predicted octanol–water partition coefficient (Wildman–Crippen LogP) is 2.69. The van der Waals surface area contributed by atoms with Gasteiger partial charge >= 0.3 is 17.9 Å². The summed E-state index contributed by atoms with van der Waals surface area (Å²) in [6.07, 6.45) is 0.322. The van der Waals surface area contributed by atoms with Gasteiger partial charge in [0.2, 0.25) is 0 Å². The second-order valence-electron chi connectivity index (χ2n) is 15.0. The van der Waals surface area contributed by atoms with Crippen LogP contribution in [-0.2, 0) is 42.8 Å². The van der Waals surface area contributed by atoms with Crippen molar-refractivity contribution in [3.05, 3.63) is 24.2 Å². The largest absolute Gasteiger partial charge is 0.472 e. The monoisotopic (exact) mass is 616 g/mol. The highest BCUT2D eigenvalue weighted by Gasteiger charge is 3.03. The Hall–Kier alpha value is -2.51. The molecule has 2 N–H and O–H groups in total. The molecule has 7 fully saturated rings. The van der Waals surface area contributed by atoms with E-state index in [1.165, 1.54) is 19.6 Å². The molecule has 13 unspecified atom stereocenters. The number of aliphatic hydroxyl groups is 2. The van der Waals surface area contributed by atoms with E-state index >= 15 is 0 Å². The molecule has 4 bridgehead atoms. The van der Waals surface area contributed by atoms with Crippen molar-refractivity contribution in [3.8, 4) is 0 Å². The van der Waals surface area contributed by atoms with Gasteiger partial charge in [-0.15, -0.1) is 0 Å². The SMILES string of the molecule is CCC(=O)OC(c1ccoc1)C1(C)CCC23OC4(C)OC25C1CC(=O)OC5C1(O)C(O)C2(C)CC1(O4)C3(C)C2CC(=O)OC. The van der Waals surface area contributed by atoms with Crippen LogP contribution >= 0.6 is 0 Å². The number of fused-ring (bicyclic) bond motifs is 3. The summed E-state index contributed by atoms with van der Waals surface area (Å²) in [5.41, 5.74) is -8.80. The van der Waals surface area contributed by atoms with Crippen molar-refractivity contribution < 1.29 is 57.4 Å². The summed E-state index contributed by atoms with van der Waals surface area (Å²) >= 11 is 0. The normalized spacial score (nSPS) is 54.5. The molecule has 4 heterocycles. The first-order valence-electron chi connectivity index (χ1n) is 15.6. The maximum absolute atomic E-state index is 13.7. The smallest absolute Gasteiger partial charge is 0.306 e. The van der Waals surface area contributed by atoms with Gasteiger partial charge in [-0.2, -0.15) is 0 Å². The van der Waals surface area contributed by atoms with E-state index in [1.807, 2.05) is 20.8 Å². The van der Waals surface area contributed by atoms with Gasteiger partial charge in [-0.1, -0.05) is 27.7 Å². The van der Waals surface area contributed by atoms with Gasteiger partial charge < -0.3 is 43.1 Å². The molecule has 12 heteroatoms. The van der Waals surface area contributed by atoms with Gasteiger partial charge in [-0.3, -0.25) is 14.4 Å². The van der Waals surface area contributed by atoms with Crippen molar-refractivity contribution in [2.24, 2.45) is 28.1 Å². The van der Waals surface area contributed by atoms with Crippen LogP contribution in [0.25, 0.3) is 0 Å². The van der Waals surface area contributed by atoms with E-state index in [0.29, 0.717) is 18.4 Å². The molecule has 8 rings (SSSR count). The van der Waals surface area contributed by atoms with E-state index in [9.17, 15) is 24.6 Å². The van der Waals surface area contributed by atoms with Crippen LogP contribution in [0.5, 0.6) is 0 Å². The minimum Gasteiger partial charge on any atom is -0.472 e. The van der Waals surface area contributed by atoms with E-state index in [1.54, 1.807) is 19.9 Å². The molecule has 240 valence electrons. The molecular formula is C32H40O12. The van der Waals surface area contributed by atoms with Gasteiger partial charge in [0.05, 0.1) is 32.2 Å². The number of hydrogen-bond acceptors (Lipinski definition) is 12. The lowest BCUT2D eigenvalue weighted by atomic mass is 9.33. The Bertz CT molecular complexity index is 1480. The van der Waals surface area contributed by atoms with Crippen LogP contribution < -0.4 is 0 Å². The molecule has 0 aromatic carbocycles. The third-order valence-electron chi connectivity index (χ3n) is 13.5. The number of carbonyl (C=O) groups is 3. The van der Waals surface area contributed by atoms with Crippen LogP contribution in [0.1, 0.15) is 84.8 Å². The number of ether oxygens (including phenoxy) is 6. The Kier molecular flexibility index (Phi) is 5.30. The number of rotatable bonds is 6. The van der Waals surface area contributed by atoms with Crippen LogP contribution in [0.4, 0.5) is 0 Å². The minimum absolute atomic E-state index is 0.0438. The average molecular weight is 617 g/mol. The van der Waals surface area contributed by atoms with Crippen molar-refractivity contribution in [1.29, 1.82) is 0 Å². The molecular weight excluding hydrogens is 576 g/mol. The average Bonchev–Trinajstić information content (AvgIpc) is 3.66. The van der Waals surface area contributed by atoms with Crippen molar-refractivity contribution in [3.63, 3.8) is 0 Å². The summed E-state index contributed by atoms with van der Waals surface area (Å²) in [6.45, 7) is 9.15. The quantitative estimate of drug-likeness (QED) is 0.356. The lowest BCUT2D eigenvalue weighted by molar-refractivity contribution is -0.479. The summed E-state index contributed by atoms with van der Waals surface area (Å²) in [5.74, 6) is -4.39. The molecule has 3 saturated heterocycles. The van der Waals surface area contributed by atoms with Crippen molar-refractivity contribution in [2.45, 2.75) is 120 Å². The van der Waals surface area contributed by atoms with Crippen LogP contribution in [0.2, 0.25) is 0 Å². The van der Waals surface area contributed by atoms with Crippen molar-refractivity contribution in [1.82, 2.24) is 0 Å². The molecule has 0 radical (unpaired) electrons. The Morgan fingerprint density at radius 3 is 2.48 bits per heavy atom. The summed E-state index contributed by atoms with van der Waals surface area (Å²) in [6, 6.07) is 1.74. The Balaban J connectivity index is 1.40. The topological polar surface area (TPSA) is 160 Å². The number of aliphatic hydroxyl groups excluding tert-OH is 1. The summed E-state index contributed by atoms with van der Waals surface area (Å²) in [4.78, 5) is 39.5. The first kappa shape index (κ1) is 28.9. The lowest BCUT2D eigenvalue weighted by Crippen LogP contribution is -2.94. The molecule has 0 amide bonds. The van der Waals surface area contributed by atoms with Gasteiger partial charge in [0.1, 0.15) is 22.9 Å². The van der Waals surface area contributed by atoms with Gasteiger partial charge in [0, 0.05) is 47.5 Å².